The van der Waals surface area contributed by atoms with Crippen LogP contribution >= 0.6 is 0 Å². The lowest BCUT2D eigenvalue weighted by molar-refractivity contribution is -0.0923. The highest BCUT2D eigenvalue weighted by molar-refractivity contribution is 5.25. The van der Waals surface area contributed by atoms with Gasteiger partial charge in [0.25, 0.3) is 0 Å². The maximum atomic E-state index is 4.32. The number of allylic oxidation sites excluding steroid dienone is 3. The third-order valence-electron chi connectivity index (χ3n) is 8.74. The van der Waals surface area contributed by atoms with Crippen LogP contribution < -0.4 is 0 Å². The van der Waals surface area contributed by atoms with E-state index in [9.17, 15) is 0 Å². The first kappa shape index (κ1) is 15.0. The predicted molar refractivity (Wildman–Crippen MR) is 94.6 cm³/mol. The molecule has 4 aliphatic carbocycles. The molecule has 0 aromatic carbocycles. The third kappa shape index (κ3) is 1.88. The van der Waals surface area contributed by atoms with Crippen LogP contribution in [0.2, 0.25) is 0 Å². The molecule has 3 unspecified atom stereocenters. The van der Waals surface area contributed by atoms with Crippen LogP contribution in [0.4, 0.5) is 0 Å². The molecule has 122 valence electrons. The highest BCUT2D eigenvalue weighted by Gasteiger charge is 2.57. The van der Waals surface area contributed by atoms with E-state index in [1.807, 2.05) is 0 Å². The summed E-state index contributed by atoms with van der Waals surface area (Å²) in [5, 5.41) is 0. The van der Waals surface area contributed by atoms with Gasteiger partial charge in [-0.15, -0.1) is 0 Å². The van der Waals surface area contributed by atoms with Gasteiger partial charge < -0.3 is 0 Å². The second kappa shape index (κ2) is 4.99. The first-order valence-corrected chi connectivity index (χ1v) is 9.85. The molecule has 3 fully saturated rings. The summed E-state index contributed by atoms with van der Waals surface area (Å²) in [6.45, 7) is 12.0. The Balaban J connectivity index is 1.63. The standard InChI is InChI=1S/C22H34/c1-5-16-7-9-19-18-8-6-17-14-15(2)10-12-22(17,4)20(18)11-13-21(16,19)3/h7,17-20H,2,5-6,8-14H2,1,3-4H3/t17-,18?,19?,20?,21+,22-/m0/s1. The summed E-state index contributed by atoms with van der Waals surface area (Å²) in [6, 6.07) is 0. The van der Waals surface area contributed by atoms with Crippen molar-refractivity contribution >= 4 is 0 Å². The predicted octanol–water partition coefficient (Wildman–Crippen LogP) is 6.53. The molecule has 0 spiro atoms. The molecule has 4 aliphatic rings. The van der Waals surface area contributed by atoms with Gasteiger partial charge in [-0.1, -0.05) is 44.6 Å². The Morgan fingerprint density at radius 2 is 1.95 bits per heavy atom. The van der Waals surface area contributed by atoms with Crippen LogP contribution in [0.3, 0.4) is 0 Å². The highest BCUT2D eigenvalue weighted by atomic mass is 14.6. The van der Waals surface area contributed by atoms with Crippen molar-refractivity contribution in [2.45, 2.75) is 78.6 Å². The zero-order chi connectivity index (χ0) is 15.5. The molecule has 0 heteroatoms. The monoisotopic (exact) mass is 298 g/mol. The summed E-state index contributed by atoms with van der Waals surface area (Å²) in [5.41, 5.74) is 4.51. The molecule has 6 atom stereocenters. The van der Waals surface area contributed by atoms with Gasteiger partial charge in [-0.05, 0) is 92.3 Å². The lowest BCUT2D eigenvalue weighted by Crippen LogP contribution is -2.52. The average molecular weight is 299 g/mol. The number of hydrogen-bond donors (Lipinski definition) is 0. The second-order valence-corrected chi connectivity index (χ2v) is 9.39. The minimum atomic E-state index is 0.553. The van der Waals surface area contributed by atoms with E-state index in [2.05, 4.69) is 33.4 Å². The lowest BCUT2D eigenvalue weighted by Gasteiger charge is -2.60. The van der Waals surface area contributed by atoms with Crippen molar-refractivity contribution in [1.82, 2.24) is 0 Å². The average Bonchev–Trinajstić information content (AvgIpc) is 2.84. The molecule has 3 saturated carbocycles. The van der Waals surface area contributed by atoms with E-state index in [1.165, 1.54) is 63.4 Å². The van der Waals surface area contributed by atoms with E-state index in [0.717, 1.165) is 23.7 Å². The molecule has 0 amide bonds. The van der Waals surface area contributed by atoms with Gasteiger partial charge in [-0.2, -0.15) is 0 Å². The van der Waals surface area contributed by atoms with Crippen LogP contribution in [0.15, 0.2) is 23.8 Å². The number of fused-ring (bicyclic) bond motifs is 5. The molecule has 0 aliphatic heterocycles. The van der Waals surface area contributed by atoms with Gasteiger partial charge in [0.05, 0.1) is 0 Å². The van der Waals surface area contributed by atoms with Crippen LogP contribution in [-0.4, -0.2) is 0 Å². The molecule has 0 N–H and O–H groups in total. The summed E-state index contributed by atoms with van der Waals surface area (Å²) in [6.07, 6.45) is 15.3. The lowest BCUT2D eigenvalue weighted by atomic mass is 9.44. The summed E-state index contributed by atoms with van der Waals surface area (Å²) in [5.74, 6) is 3.91. The van der Waals surface area contributed by atoms with Crippen molar-refractivity contribution in [3.63, 3.8) is 0 Å². The molecule has 0 heterocycles. The number of hydrogen-bond acceptors (Lipinski definition) is 0. The zero-order valence-corrected chi connectivity index (χ0v) is 15.0. The Labute approximate surface area is 137 Å². The minimum Gasteiger partial charge on any atom is -0.0999 e. The third-order valence-corrected chi connectivity index (χ3v) is 8.74. The molecule has 0 nitrogen and oxygen atoms in total. The Morgan fingerprint density at radius 3 is 2.73 bits per heavy atom. The molecule has 0 saturated heterocycles. The first-order chi connectivity index (χ1) is 10.5. The summed E-state index contributed by atoms with van der Waals surface area (Å²) in [7, 11) is 0. The fourth-order valence-corrected chi connectivity index (χ4v) is 7.36. The molecular weight excluding hydrogens is 264 g/mol. The fourth-order valence-electron chi connectivity index (χ4n) is 7.36. The molecule has 0 aromatic rings. The van der Waals surface area contributed by atoms with E-state index >= 15 is 0 Å². The van der Waals surface area contributed by atoms with E-state index in [4.69, 9.17) is 0 Å². The van der Waals surface area contributed by atoms with Crippen LogP contribution in [0.25, 0.3) is 0 Å². The smallest absolute Gasteiger partial charge is 0.00824 e. The van der Waals surface area contributed by atoms with Gasteiger partial charge in [0.1, 0.15) is 0 Å². The molecule has 0 radical (unpaired) electrons. The molecule has 0 bridgehead atoms. The zero-order valence-electron chi connectivity index (χ0n) is 15.0. The van der Waals surface area contributed by atoms with Crippen molar-refractivity contribution in [2.24, 2.45) is 34.5 Å². The van der Waals surface area contributed by atoms with Gasteiger partial charge in [0.2, 0.25) is 0 Å². The topological polar surface area (TPSA) is 0 Å². The van der Waals surface area contributed by atoms with Crippen molar-refractivity contribution in [1.29, 1.82) is 0 Å². The van der Waals surface area contributed by atoms with E-state index in [1.54, 1.807) is 5.57 Å². The van der Waals surface area contributed by atoms with Gasteiger partial charge in [-0.3, -0.25) is 0 Å². The van der Waals surface area contributed by atoms with E-state index in [0.29, 0.717) is 10.8 Å². The van der Waals surface area contributed by atoms with Gasteiger partial charge in [-0.25, -0.2) is 0 Å². The SMILES string of the molecule is C=C1CC[C@]2(C)C3CC[C@]4(C)C(CC)=CCC4C3CC[C@H]2C1. The fraction of sp³-hybridized carbons (Fsp3) is 0.818. The molecule has 22 heavy (non-hydrogen) atoms. The molecule has 4 rings (SSSR count). The Kier molecular flexibility index (Phi) is 3.41. The quantitative estimate of drug-likeness (QED) is 0.483. The van der Waals surface area contributed by atoms with Gasteiger partial charge >= 0.3 is 0 Å². The Bertz CT molecular complexity index is 512. The summed E-state index contributed by atoms with van der Waals surface area (Å²) < 4.78 is 0. The minimum absolute atomic E-state index is 0.553. The molecule has 0 aromatic heterocycles. The van der Waals surface area contributed by atoms with Crippen LogP contribution in [0, 0.1) is 34.5 Å². The maximum absolute atomic E-state index is 4.32. The normalized spacial score (nSPS) is 50.9. The van der Waals surface area contributed by atoms with Gasteiger partial charge in [0, 0.05) is 0 Å². The Morgan fingerprint density at radius 1 is 1.14 bits per heavy atom. The van der Waals surface area contributed by atoms with Crippen LogP contribution in [0.1, 0.15) is 78.6 Å². The van der Waals surface area contributed by atoms with Gasteiger partial charge in [0.15, 0.2) is 0 Å². The van der Waals surface area contributed by atoms with E-state index in [-0.39, 0.29) is 0 Å². The van der Waals surface area contributed by atoms with Crippen LogP contribution in [0.5, 0.6) is 0 Å². The second-order valence-electron chi connectivity index (χ2n) is 9.39. The largest absolute Gasteiger partial charge is 0.0999 e. The summed E-state index contributed by atoms with van der Waals surface area (Å²) >= 11 is 0. The number of rotatable bonds is 1. The first-order valence-electron chi connectivity index (χ1n) is 9.85. The molecular formula is C22H34. The maximum Gasteiger partial charge on any atom is -0.00824 e. The van der Waals surface area contributed by atoms with Crippen LogP contribution in [-0.2, 0) is 0 Å². The van der Waals surface area contributed by atoms with Crippen molar-refractivity contribution in [3.8, 4) is 0 Å². The highest BCUT2D eigenvalue weighted by Crippen LogP contribution is 2.66. The van der Waals surface area contributed by atoms with Crippen molar-refractivity contribution in [3.05, 3.63) is 23.8 Å². The van der Waals surface area contributed by atoms with Crippen molar-refractivity contribution < 1.29 is 0 Å². The van der Waals surface area contributed by atoms with E-state index < -0.39 is 0 Å². The Hall–Kier alpha value is -0.520. The summed E-state index contributed by atoms with van der Waals surface area (Å²) in [4.78, 5) is 0. The van der Waals surface area contributed by atoms with Crippen molar-refractivity contribution in [2.75, 3.05) is 0 Å².